The molecule has 0 aliphatic carbocycles. The maximum Gasteiger partial charge on any atom is 0.228 e. The molecule has 0 unspecified atom stereocenters. The number of aromatic nitrogens is 3. The van der Waals surface area contributed by atoms with E-state index in [1.165, 1.54) is 11.0 Å². The zero-order chi connectivity index (χ0) is 13.4. The zero-order valence-corrected chi connectivity index (χ0v) is 11.3. The lowest BCUT2D eigenvalue weighted by molar-refractivity contribution is 0.794. The van der Waals surface area contributed by atoms with Crippen LogP contribution in [0.3, 0.4) is 0 Å². The van der Waals surface area contributed by atoms with Gasteiger partial charge >= 0.3 is 0 Å². The molecule has 0 bridgehead atoms. The molecule has 94 valence electrons. The number of nitrogens with zero attached hydrogens (tertiary/aromatic N) is 4. The molecule has 6 nitrogen and oxygen atoms in total. The van der Waals surface area contributed by atoms with Crippen LogP contribution in [0.5, 0.6) is 0 Å². The lowest BCUT2D eigenvalue weighted by Gasteiger charge is -2.25. The van der Waals surface area contributed by atoms with Crippen molar-refractivity contribution in [1.29, 1.82) is 5.26 Å². The first kappa shape index (κ1) is 11.7. The Labute approximate surface area is 117 Å². The monoisotopic (exact) mass is 316 g/mol. The van der Waals surface area contributed by atoms with Crippen molar-refractivity contribution in [3.05, 3.63) is 46.2 Å². The van der Waals surface area contributed by atoms with Crippen molar-refractivity contribution < 1.29 is 0 Å². The van der Waals surface area contributed by atoms with Crippen molar-refractivity contribution >= 4 is 27.7 Å². The number of nitriles is 1. The van der Waals surface area contributed by atoms with Crippen LogP contribution in [0.25, 0.3) is 5.82 Å². The summed E-state index contributed by atoms with van der Waals surface area (Å²) in [6.45, 7) is 0. The van der Waals surface area contributed by atoms with E-state index in [9.17, 15) is 5.26 Å². The zero-order valence-electron chi connectivity index (χ0n) is 9.71. The van der Waals surface area contributed by atoms with Gasteiger partial charge in [0.05, 0.1) is 11.6 Å². The molecule has 1 aliphatic heterocycles. The summed E-state index contributed by atoms with van der Waals surface area (Å²) in [5.74, 6) is 0.834. The van der Waals surface area contributed by atoms with Crippen molar-refractivity contribution in [1.82, 2.24) is 14.8 Å². The van der Waals surface area contributed by atoms with E-state index in [-0.39, 0.29) is 6.04 Å². The number of halogens is 1. The van der Waals surface area contributed by atoms with E-state index in [2.05, 4.69) is 37.4 Å². The quantitative estimate of drug-likeness (QED) is 0.837. The van der Waals surface area contributed by atoms with Crippen LogP contribution in [0.15, 0.2) is 40.6 Å². The number of nitrogens with two attached hydrogens (primary N) is 1. The number of fused-ring (bicyclic) bond motifs is 1. The van der Waals surface area contributed by atoms with Crippen LogP contribution in [-0.4, -0.2) is 14.8 Å². The molecule has 1 aromatic carbocycles. The summed E-state index contributed by atoms with van der Waals surface area (Å²) in [7, 11) is 0. The largest absolute Gasteiger partial charge is 0.383 e. The molecule has 0 saturated heterocycles. The number of hydrogen-bond acceptors (Lipinski definition) is 5. The summed E-state index contributed by atoms with van der Waals surface area (Å²) in [6, 6.07) is 9.52. The molecule has 3 rings (SSSR count). The van der Waals surface area contributed by atoms with E-state index < -0.39 is 0 Å². The normalized spacial score (nSPS) is 17.6. The second kappa shape index (κ2) is 4.40. The van der Waals surface area contributed by atoms with E-state index >= 15 is 0 Å². The van der Waals surface area contributed by atoms with Crippen LogP contribution in [0.4, 0.5) is 5.95 Å². The van der Waals surface area contributed by atoms with Crippen molar-refractivity contribution in [3.8, 4) is 6.07 Å². The maximum absolute atomic E-state index is 9.32. The molecule has 7 heteroatoms. The van der Waals surface area contributed by atoms with Gasteiger partial charge in [0.2, 0.25) is 5.95 Å². The highest BCUT2D eigenvalue weighted by Crippen LogP contribution is 2.33. The smallest absolute Gasteiger partial charge is 0.228 e. The fourth-order valence-corrected chi connectivity index (χ4v) is 2.45. The minimum absolute atomic E-state index is 0.304. The van der Waals surface area contributed by atoms with Crippen LogP contribution < -0.4 is 11.1 Å². The van der Waals surface area contributed by atoms with E-state index in [1.54, 1.807) is 0 Å². The van der Waals surface area contributed by atoms with E-state index in [0.29, 0.717) is 17.3 Å². The molecule has 2 heterocycles. The van der Waals surface area contributed by atoms with Gasteiger partial charge in [0.25, 0.3) is 0 Å². The van der Waals surface area contributed by atoms with Crippen molar-refractivity contribution in [2.75, 3.05) is 5.32 Å². The molecular formula is C12H9BrN6. The minimum Gasteiger partial charge on any atom is -0.383 e. The van der Waals surface area contributed by atoms with Crippen LogP contribution in [-0.2, 0) is 0 Å². The second-order valence-corrected chi connectivity index (χ2v) is 4.95. The molecule has 3 N–H and O–H groups in total. The first-order chi connectivity index (χ1) is 9.20. The Bertz CT molecular complexity index is 711. The number of hydrogen-bond donors (Lipinski definition) is 2. The topological polar surface area (TPSA) is 92.5 Å². The van der Waals surface area contributed by atoms with E-state index in [4.69, 9.17) is 5.73 Å². The predicted octanol–water partition coefficient (Wildman–Crippen LogP) is 1.86. The summed E-state index contributed by atoms with van der Waals surface area (Å²) in [5, 5.41) is 16.5. The van der Waals surface area contributed by atoms with Crippen LogP contribution in [0.1, 0.15) is 11.6 Å². The average Bonchev–Trinajstić information content (AvgIpc) is 2.87. The van der Waals surface area contributed by atoms with Crippen LogP contribution >= 0.6 is 15.9 Å². The molecule has 0 amide bonds. The molecule has 0 radical (unpaired) electrons. The fourth-order valence-electron chi connectivity index (χ4n) is 2.04. The third-order valence-corrected chi connectivity index (χ3v) is 3.41. The lowest BCUT2D eigenvalue weighted by atomic mass is 9.98. The Balaban J connectivity index is 2.14. The van der Waals surface area contributed by atoms with Crippen LogP contribution in [0, 0.1) is 11.3 Å². The van der Waals surface area contributed by atoms with E-state index in [1.807, 2.05) is 24.3 Å². The Hall–Kier alpha value is -2.33. The number of rotatable bonds is 1. The van der Waals surface area contributed by atoms with Gasteiger partial charge in [0.1, 0.15) is 18.2 Å². The van der Waals surface area contributed by atoms with Gasteiger partial charge in [-0.15, -0.1) is 0 Å². The SMILES string of the molecule is N#CC1=C(N)n2ncnc2N[C@H]1c1cccc(Br)c1. The molecule has 0 spiro atoms. The molecule has 2 aromatic rings. The van der Waals surface area contributed by atoms with Gasteiger partial charge in [0, 0.05) is 4.47 Å². The molecular weight excluding hydrogens is 308 g/mol. The third kappa shape index (κ3) is 1.86. The Morgan fingerprint density at radius 1 is 1.47 bits per heavy atom. The summed E-state index contributed by atoms with van der Waals surface area (Å²) in [4.78, 5) is 4.08. The van der Waals surface area contributed by atoms with E-state index in [0.717, 1.165) is 10.0 Å². The van der Waals surface area contributed by atoms with Gasteiger partial charge in [-0.1, -0.05) is 28.1 Å². The Morgan fingerprint density at radius 3 is 3.05 bits per heavy atom. The summed E-state index contributed by atoms with van der Waals surface area (Å²) in [5.41, 5.74) is 7.34. The van der Waals surface area contributed by atoms with Crippen molar-refractivity contribution in [2.24, 2.45) is 5.73 Å². The molecule has 1 aliphatic rings. The predicted molar refractivity (Wildman–Crippen MR) is 73.5 cm³/mol. The van der Waals surface area contributed by atoms with Crippen molar-refractivity contribution in [3.63, 3.8) is 0 Å². The third-order valence-electron chi connectivity index (χ3n) is 2.92. The van der Waals surface area contributed by atoms with Gasteiger partial charge in [0.15, 0.2) is 0 Å². The van der Waals surface area contributed by atoms with Gasteiger partial charge in [-0.05, 0) is 17.7 Å². The first-order valence-electron chi connectivity index (χ1n) is 5.53. The highest BCUT2D eigenvalue weighted by atomic mass is 79.9. The summed E-state index contributed by atoms with van der Waals surface area (Å²) < 4.78 is 2.36. The van der Waals surface area contributed by atoms with Gasteiger partial charge in [-0.25, -0.2) is 0 Å². The number of benzene rings is 1. The van der Waals surface area contributed by atoms with Crippen LogP contribution in [0.2, 0.25) is 0 Å². The lowest BCUT2D eigenvalue weighted by Crippen LogP contribution is -2.27. The Kier molecular flexibility index (Phi) is 2.72. The molecule has 1 aromatic heterocycles. The molecule has 1 atom stereocenters. The molecule has 0 fully saturated rings. The standard InChI is InChI=1S/C12H9BrN6/c13-8-3-1-2-7(4-8)10-9(5-14)11(15)19-12(18-10)16-6-17-19/h1-4,6,10H,15H2,(H,16,17,18)/t10-/m0/s1. The van der Waals surface area contributed by atoms with Gasteiger partial charge in [-0.2, -0.15) is 20.0 Å². The summed E-state index contributed by atoms with van der Waals surface area (Å²) >= 11 is 3.42. The fraction of sp³-hybridized carbons (Fsp3) is 0.0833. The first-order valence-corrected chi connectivity index (χ1v) is 6.32. The number of anilines is 1. The average molecular weight is 317 g/mol. The second-order valence-electron chi connectivity index (χ2n) is 4.04. The Morgan fingerprint density at radius 2 is 2.32 bits per heavy atom. The van der Waals surface area contributed by atoms with Gasteiger partial charge in [-0.3, -0.25) is 0 Å². The highest BCUT2D eigenvalue weighted by molar-refractivity contribution is 9.10. The summed E-state index contributed by atoms with van der Waals surface area (Å²) in [6.07, 6.45) is 1.40. The highest BCUT2D eigenvalue weighted by Gasteiger charge is 2.28. The molecule has 19 heavy (non-hydrogen) atoms. The maximum atomic E-state index is 9.32. The van der Waals surface area contributed by atoms with Gasteiger partial charge < -0.3 is 11.1 Å². The van der Waals surface area contributed by atoms with Crippen molar-refractivity contribution in [2.45, 2.75) is 6.04 Å². The minimum atomic E-state index is -0.320. The molecule has 0 saturated carbocycles. The number of nitrogens with one attached hydrogen (secondary N) is 1.